The molecule has 5 heteroatoms. The van der Waals surface area contributed by atoms with E-state index in [9.17, 15) is 0 Å². The third-order valence-corrected chi connectivity index (χ3v) is 2.55. The van der Waals surface area contributed by atoms with Crippen LogP contribution in [0.4, 0.5) is 0 Å². The summed E-state index contributed by atoms with van der Waals surface area (Å²) >= 11 is 0. The van der Waals surface area contributed by atoms with Crippen LogP contribution in [-0.4, -0.2) is 31.7 Å². The maximum absolute atomic E-state index is 5.81. The zero-order valence-electron chi connectivity index (χ0n) is 12.8. The first-order chi connectivity index (χ1) is 9.15. The highest BCUT2D eigenvalue weighted by atomic mass is 127. The molecule has 0 spiro atoms. The van der Waals surface area contributed by atoms with Crippen LogP contribution in [-0.2, 0) is 0 Å². The van der Waals surface area contributed by atoms with E-state index in [1.807, 2.05) is 31.2 Å². The molecule has 1 atom stereocenters. The van der Waals surface area contributed by atoms with Gasteiger partial charge in [-0.2, -0.15) is 0 Å². The minimum absolute atomic E-state index is 0. The van der Waals surface area contributed by atoms with Crippen LogP contribution in [0.5, 0.6) is 5.75 Å². The lowest BCUT2D eigenvalue weighted by Crippen LogP contribution is -2.37. The molecule has 1 rings (SSSR count). The van der Waals surface area contributed by atoms with Crippen molar-refractivity contribution >= 4 is 29.9 Å². The van der Waals surface area contributed by atoms with Crippen molar-refractivity contribution in [2.45, 2.75) is 33.8 Å². The number of nitrogens with zero attached hydrogens (tertiary/aromatic N) is 1. The first-order valence-corrected chi connectivity index (χ1v) is 6.91. The van der Waals surface area contributed by atoms with E-state index >= 15 is 0 Å². The van der Waals surface area contributed by atoms with Crippen molar-refractivity contribution in [1.29, 1.82) is 0 Å². The van der Waals surface area contributed by atoms with Crippen LogP contribution in [0.1, 0.15) is 26.3 Å². The van der Waals surface area contributed by atoms with Gasteiger partial charge in [0.2, 0.25) is 0 Å². The number of hydrogen-bond acceptors (Lipinski definition) is 2. The topological polar surface area (TPSA) is 45.7 Å². The highest BCUT2D eigenvalue weighted by Gasteiger charge is 2.04. The summed E-state index contributed by atoms with van der Waals surface area (Å²) in [7, 11) is 0. The van der Waals surface area contributed by atoms with Gasteiger partial charge in [0.1, 0.15) is 11.9 Å². The van der Waals surface area contributed by atoms with Crippen molar-refractivity contribution in [2.75, 3.05) is 19.6 Å². The van der Waals surface area contributed by atoms with Crippen molar-refractivity contribution < 1.29 is 4.74 Å². The van der Waals surface area contributed by atoms with E-state index in [4.69, 9.17) is 4.74 Å². The van der Waals surface area contributed by atoms with Gasteiger partial charge in [0.15, 0.2) is 5.96 Å². The number of nitrogens with one attached hydrogen (secondary N) is 2. The molecule has 20 heavy (non-hydrogen) atoms. The lowest BCUT2D eigenvalue weighted by Gasteiger charge is -2.14. The quantitative estimate of drug-likeness (QED) is 0.445. The van der Waals surface area contributed by atoms with E-state index in [2.05, 4.69) is 36.4 Å². The third-order valence-electron chi connectivity index (χ3n) is 2.55. The standard InChI is InChI=1S/C15H25N3O.HI/c1-5-16-15(17-6-2)18-11-13(4)19-14-9-7-12(3)8-10-14;/h7-10,13H,5-6,11H2,1-4H3,(H2,16,17,18);1H. The molecule has 1 unspecified atom stereocenters. The summed E-state index contributed by atoms with van der Waals surface area (Å²) in [5.74, 6) is 1.73. The molecule has 1 aromatic carbocycles. The SMILES string of the molecule is CCNC(=NCC(C)Oc1ccc(C)cc1)NCC.I. The average molecular weight is 391 g/mol. The van der Waals surface area contributed by atoms with Crippen molar-refractivity contribution in [3.8, 4) is 5.75 Å². The van der Waals surface area contributed by atoms with Gasteiger partial charge in [0.25, 0.3) is 0 Å². The molecule has 2 N–H and O–H groups in total. The number of halogens is 1. The number of aryl methyl sites for hydroxylation is 1. The Balaban J connectivity index is 0.00000361. The molecule has 0 aliphatic rings. The first-order valence-electron chi connectivity index (χ1n) is 6.91. The molecule has 0 aliphatic heterocycles. The number of rotatable bonds is 6. The number of benzene rings is 1. The maximum atomic E-state index is 5.81. The van der Waals surface area contributed by atoms with Gasteiger partial charge in [0, 0.05) is 13.1 Å². The predicted octanol–water partition coefficient (Wildman–Crippen LogP) is 2.96. The van der Waals surface area contributed by atoms with Gasteiger partial charge in [-0.3, -0.25) is 0 Å². The fourth-order valence-corrected chi connectivity index (χ4v) is 1.62. The molecule has 114 valence electrons. The number of ether oxygens (including phenoxy) is 1. The van der Waals surface area contributed by atoms with Crippen molar-refractivity contribution in [3.05, 3.63) is 29.8 Å². The van der Waals surface area contributed by atoms with Crippen molar-refractivity contribution in [1.82, 2.24) is 10.6 Å². The summed E-state index contributed by atoms with van der Waals surface area (Å²) in [6.07, 6.45) is 0.0509. The van der Waals surface area contributed by atoms with E-state index in [1.165, 1.54) is 5.56 Å². The van der Waals surface area contributed by atoms with Crippen molar-refractivity contribution in [3.63, 3.8) is 0 Å². The minimum atomic E-state index is 0. The summed E-state index contributed by atoms with van der Waals surface area (Å²) in [6.45, 7) is 10.6. The predicted molar refractivity (Wildman–Crippen MR) is 96.3 cm³/mol. The van der Waals surface area contributed by atoms with Gasteiger partial charge in [-0.25, -0.2) is 4.99 Å². The highest BCUT2D eigenvalue weighted by molar-refractivity contribution is 14.0. The first kappa shape index (κ1) is 19.0. The Labute approximate surface area is 139 Å². The van der Waals surface area contributed by atoms with Crippen LogP contribution in [0.25, 0.3) is 0 Å². The zero-order chi connectivity index (χ0) is 14.1. The summed E-state index contributed by atoms with van der Waals surface area (Å²) in [6, 6.07) is 8.08. The Morgan fingerprint density at radius 2 is 1.70 bits per heavy atom. The molecule has 0 saturated carbocycles. The van der Waals surface area contributed by atoms with Gasteiger partial charge in [-0.1, -0.05) is 17.7 Å². The van der Waals surface area contributed by atoms with E-state index in [0.717, 1.165) is 24.8 Å². The second-order valence-corrected chi connectivity index (χ2v) is 4.49. The fourth-order valence-electron chi connectivity index (χ4n) is 1.62. The Bertz CT molecular complexity index is 385. The molecule has 0 radical (unpaired) electrons. The number of hydrogen-bond donors (Lipinski definition) is 2. The Hall–Kier alpha value is -0.980. The van der Waals surface area contributed by atoms with E-state index in [1.54, 1.807) is 0 Å². The number of aliphatic imine (C=N–C) groups is 1. The molecule has 0 bridgehead atoms. The molecule has 4 nitrogen and oxygen atoms in total. The molecule has 0 aromatic heterocycles. The molecule has 0 fully saturated rings. The van der Waals surface area contributed by atoms with Crippen LogP contribution in [0, 0.1) is 6.92 Å². The van der Waals surface area contributed by atoms with Crippen LogP contribution in [0.3, 0.4) is 0 Å². The second kappa shape index (κ2) is 10.8. The van der Waals surface area contributed by atoms with Crippen LogP contribution < -0.4 is 15.4 Å². The minimum Gasteiger partial charge on any atom is -0.489 e. The molecule has 0 aliphatic carbocycles. The summed E-state index contributed by atoms with van der Waals surface area (Å²) < 4.78 is 5.81. The Morgan fingerprint density at radius 3 is 2.20 bits per heavy atom. The van der Waals surface area contributed by atoms with Gasteiger partial charge in [-0.05, 0) is 39.8 Å². The number of guanidine groups is 1. The van der Waals surface area contributed by atoms with Crippen LogP contribution in [0.15, 0.2) is 29.3 Å². The lowest BCUT2D eigenvalue weighted by atomic mass is 10.2. The maximum Gasteiger partial charge on any atom is 0.191 e. The Kier molecular flexibility index (Phi) is 10.2. The van der Waals surface area contributed by atoms with E-state index < -0.39 is 0 Å². The molecule has 0 saturated heterocycles. The van der Waals surface area contributed by atoms with Gasteiger partial charge in [0.05, 0.1) is 6.54 Å². The largest absolute Gasteiger partial charge is 0.489 e. The highest BCUT2D eigenvalue weighted by Crippen LogP contribution is 2.13. The molecule has 0 amide bonds. The third kappa shape index (κ3) is 7.57. The molecule has 0 heterocycles. The average Bonchev–Trinajstić information content (AvgIpc) is 2.39. The second-order valence-electron chi connectivity index (χ2n) is 4.49. The lowest BCUT2D eigenvalue weighted by molar-refractivity contribution is 0.230. The molecular formula is C15H26IN3O. The smallest absolute Gasteiger partial charge is 0.191 e. The molecular weight excluding hydrogens is 365 g/mol. The zero-order valence-corrected chi connectivity index (χ0v) is 15.1. The van der Waals surface area contributed by atoms with Crippen molar-refractivity contribution in [2.24, 2.45) is 4.99 Å². The van der Waals surface area contributed by atoms with Crippen LogP contribution >= 0.6 is 24.0 Å². The van der Waals surface area contributed by atoms with E-state index in [-0.39, 0.29) is 30.1 Å². The monoisotopic (exact) mass is 391 g/mol. The van der Waals surface area contributed by atoms with E-state index in [0.29, 0.717) is 6.54 Å². The summed E-state index contributed by atoms with van der Waals surface area (Å²) in [5.41, 5.74) is 1.24. The fraction of sp³-hybridized carbons (Fsp3) is 0.533. The molecule has 1 aromatic rings. The van der Waals surface area contributed by atoms with Gasteiger partial charge < -0.3 is 15.4 Å². The normalized spacial score (nSPS) is 11.0. The van der Waals surface area contributed by atoms with Gasteiger partial charge in [-0.15, -0.1) is 24.0 Å². The summed E-state index contributed by atoms with van der Waals surface area (Å²) in [5, 5.41) is 6.39. The Morgan fingerprint density at radius 1 is 1.15 bits per heavy atom. The summed E-state index contributed by atoms with van der Waals surface area (Å²) in [4.78, 5) is 4.49. The van der Waals surface area contributed by atoms with Crippen LogP contribution in [0.2, 0.25) is 0 Å². The van der Waals surface area contributed by atoms with Gasteiger partial charge >= 0.3 is 0 Å².